The van der Waals surface area contributed by atoms with Crippen molar-refractivity contribution in [2.24, 2.45) is 0 Å². The summed E-state index contributed by atoms with van der Waals surface area (Å²) in [4.78, 5) is 26.1. The Morgan fingerprint density at radius 2 is 2.09 bits per heavy atom. The number of carbonyl (C=O) groups is 2. The van der Waals surface area contributed by atoms with Gasteiger partial charge in [-0.25, -0.2) is 0 Å². The topological polar surface area (TPSA) is 42.3 Å². The summed E-state index contributed by atoms with van der Waals surface area (Å²) in [7, 11) is 0. The highest BCUT2D eigenvalue weighted by Crippen LogP contribution is 2.25. The van der Waals surface area contributed by atoms with Crippen molar-refractivity contribution in [3.63, 3.8) is 0 Å². The van der Waals surface area contributed by atoms with E-state index in [9.17, 15) is 9.59 Å². The summed E-state index contributed by atoms with van der Waals surface area (Å²) in [5, 5.41) is 0.925. The lowest BCUT2D eigenvalue weighted by Gasteiger charge is -2.33. The van der Waals surface area contributed by atoms with Crippen LogP contribution in [-0.2, 0) is 11.3 Å². The van der Waals surface area contributed by atoms with E-state index in [0.717, 1.165) is 42.3 Å². The van der Waals surface area contributed by atoms with Crippen LogP contribution in [0.2, 0.25) is 0 Å². The molecule has 1 fully saturated rings. The van der Waals surface area contributed by atoms with Gasteiger partial charge in [-0.2, -0.15) is 0 Å². The Bertz CT molecular complexity index is 717. The summed E-state index contributed by atoms with van der Waals surface area (Å²) in [5.74, 6) is 0.147. The Morgan fingerprint density at radius 1 is 1.32 bits per heavy atom. The van der Waals surface area contributed by atoms with Crippen molar-refractivity contribution in [1.82, 2.24) is 9.47 Å². The molecule has 1 aliphatic rings. The van der Waals surface area contributed by atoms with Crippen molar-refractivity contribution in [3.05, 3.63) is 35.5 Å². The molecule has 1 saturated heterocycles. The number of carbonyl (C=O) groups excluding carboxylic acids is 2. The number of rotatable bonds is 3. The van der Waals surface area contributed by atoms with Gasteiger partial charge >= 0.3 is 0 Å². The van der Waals surface area contributed by atoms with Crippen molar-refractivity contribution in [2.75, 3.05) is 6.54 Å². The fourth-order valence-electron chi connectivity index (χ4n) is 3.50. The fourth-order valence-corrected chi connectivity index (χ4v) is 3.50. The normalized spacial score (nSPS) is 18.6. The van der Waals surface area contributed by atoms with E-state index >= 15 is 0 Å². The van der Waals surface area contributed by atoms with E-state index in [1.54, 1.807) is 0 Å². The van der Waals surface area contributed by atoms with Gasteiger partial charge in [0.05, 0.1) is 0 Å². The Kier molecular flexibility index (Phi) is 4.01. The summed E-state index contributed by atoms with van der Waals surface area (Å²) in [6.45, 7) is 5.19. The molecule has 1 amide bonds. The molecular weight excluding hydrogens is 276 g/mol. The molecule has 0 radical (unpaired) electrons. The van der Waals surface area contributed by atoms with Crippen LogP contribution in [0.1, 0.15) is 42.2 Å². The highest BCUT2D eigenvalue weighted by molar-refractivity contribution is 5.99. The van der Waals surface area contributed by atoms with Crippen LogP contribution in [0.25, 0.3) is 10.9 Å². The minimum Gasteiger partial charge on any atom is -0.338 e. The van der Waals surface area contributed by atoms with Gasteiger partial charge in [-0.1, -0.05) is 18.2 Å². The minimum atomic E-state index is 0.147. The standard InChI is InChI=1S/C18H22N2O2/c1-13-7-5-6-10-19(13)18(22)11-20-14(2)16(12-21)15-8-3-4-9-17(15)20/h3-4,8-9,12-13H,5-7,10-11H2,1-2H3/t13-/m1/s1. The number of nitrogens with zero attached hydrogens (tertiary/aromatic N) is 2. The highest BCUT2D eigenvalue weighted by atomic mass is 16.2. The molecule has 0 aliphatic carbocycles. The van der Waals surface area contributed by atoms with Crippen LogP contribution in [0.15, 0.2) is 24.3 Å². The highest BCUT2D eigenvalue weighted by Gasteiger charge is 2.24. The maximum Gasteiger partial charge on any atom is 0.242 e. The molecule has 4 heteroatoms. The first-order chi connectivity index (χ1) is 10.6. The van der Waals surface area contributed by atoms with Gasteiger partial charge in [0, 0.05) is 34.7 Å². The molecule has 116 valence electrons. The van der Waals surface area contributed by atoms with Crippen molar-refractivity contribution in [2.45, 2.75) is 45.7 Å². The molecule has 1 aliphatic heterocycles. The Balaban J connectivity index is 1.95. The second-order valence-corrected chi connectivity index (χ2v) is 6.15. The molecule has 0 unspecified atom stereocenters. The lowest BCUT2D eigenvalue weighted by molar-refractivity contribution is -0.135. The van der Waals surface area contributed by atoms with Crippen LogP contribution in [0.5, 0.6) is 0 Å². The van der Waals surface area contributed by atoms with Crippen LogP contribution in [0, 0.1) is 6.92 Å². The largest absolute Gasteiger partial charge is 0.338 e. The van der Waals surface area contributed by atoms with E-state index in [-0.39, 0.29) is 5.91 Å². The Morgan fingerprint density at radius 3 is 2.82 bits per heavy atom. The molecule has 4 nitrogen and oxygen atoms in total. The Labute approximate surface area is 130 Å². The van der Waals surface area contributed by atoms with Gasteiger partial charge < -0.3 is 9.47 Å². The first kappa shape index (κ1) is 14.8. The molecule has 0 N–H and O–H groups in total. The summed E-state index contributed by atoms with van der Waals surface area (Å²) in [6.07, 6.45) is 4.26. The zero-order valence-electron chi connectivity index (χ0n) is 13.2. The number of aromatic nitrogens is 1. The van der Waals surface area contributed by atoms with Crippen LogP contribution in [-0.4, -0.2) is 34.2 Å². The van der Waals surface area contributed by atoms with E-state index < -0.39 is 0 Å². The SMILES string of the molecule is Cc1c(C=O)c2ccccc2n1CC(=O)N1CCCC[C@H]1C. The molecule has 1 aromatic heterocycles. The molecule has 2 aromatic rings. The number of benzene rings is 1. The molecular formula is C18H22N2O2. The van der Waals surface area contributed by atoms with Crippen LogP contribution >= 0.6 is 0 Å². The third kappa shape index (κ3) is 2.43. The quantitative estimate of drug-likeness (QED) is 0.817. The first-order valence-corrected chi connectivity index (χ1v) is 7.96. The zero-order valence-corrected chi connectivity index (χ0v) is 13.2. The second-order valence-electron chi connectivity index (χ2n) is 6.15. The predicted octanol–water partition coefficient (Wildman–Crippen LogP) is 3.16. The molecule has 0 bridgehead atoms. The van der Waals surface area contributed by atoms with Crippen molar-refractivity contribution in [1.29, 1.82) is 0 Å². The third-order valence-electron chi connectivity index (χ3n) is 4.81. The van der Waals surface area contributed by atoms with Gasteiger partial charge in [-0.15, -0.1) is 0 Å². The summed E-state index contributed by atoms with van der Waals surface area (Å²) in [6, 6.07) is 8.10. The number of piperidine rings is 1. The molecule has 0 saturated carbocycles. The summed E-state index contributed by atoms with van der Waals surface area (Å²) >= 11 is 0. The number of fused-ring (bicyclic) bond motifs is 1. The Hall–Kier alpha value is -2.10. The maximum atomic E-state index is 12.7. The molecule has 0 spiro atoms. The van der Waals surface area contributed by atoms with Crippen molar-refractivity contribution in [3.8, 4) is 0 Å². The second kappa shape index (κ2) is 5.95. The predicted molar refractivity (Wildman–Crippen MR) is 87.1 cm³/mol. The van der Waals surface area contributed by atoms with Crippen LogP contribution < -0.4 is 0 Å². The van der Waals surface area contributed by atoms with Crippen molar-refractivity contribution >= 4 is 23.1 Å². The van der Waals surface area contributed by atoms with Gasteiger partial charge in [0.15, 0.2) is 6.29 Å². The van der Waals surface area contributed by atoms with Gasteiger partial charge in [0.1, 0.15) is 6.54 Å². The van der Waals surface area contributed by atoms with E-state index in [4.69, 9.17) is 0 Å². The number of amides is 1. The average Bonchev–Trinajstić information content (AvgIpc) is 2.79. The number of para-hydroxylation sites is 1. The van der Waals surface area contributed by atoms with E-state index in [0.29, 0.717) is 18.2 Å². The fraction of sp³-hybridized carbons (Fsp3) is 0.444. The van der Waals surface area contributed by atoms with Crippen LogP contribution in [0.3, 0.4) is 0 Å². The van der Waals surface area contributed by atoms with Crippen LogP contribution in [0.4, 0.5) is 0 Å². The summed E-state index contributed by atoms with van der Waals surface area (Å²) in [5.41, 5.74) is 2.52. The lowest BCUT2D eigenvalue weighted by atomic mass is 10.0. The van der Waals surface area contributed by atoms with Gasteiger partial charge in [0.2, 0.25) is 5.91 Å². The third-order valence-corrected chi connectivity index (χ3v) is 4.81. The average molecular weight is 298 g/mol. The number of aldehydes is 1. The van der Waals surface area contributed by atoms with E-state index in [2.05, 4.69) is 6.92 Å². The number of hydrogen-bond acceptors (Lipinski definition) is 2. The monoisotopic (exact) mass is 298 g/mol. The van der Waals surface area contributed by atoms with Crippen molar-refractivity contribution < 1.29 is 9.59 Å². The maximum absolute atomic E-state index is 12.7. The minimum absolute atomic E-state index is 0.147. The number of hydrogen-bond donors (Lipinski definition) is 0. The molecule has 1 aromatic carbocycles. The van der Waals surface area contributed by atoms with Gasteiger partial charge in [0.25, 0.3) is 0 Å². The number of likely N-dealkylation sites (tertiary alicyclic amines) is 1. The smallest absolute Gasteiger partial charge is 0.242 e. The molecule has 1 atom stereocenters. The molecule has 2 heterocycles. The van der Waals surface area contributed by atoms with Gasteiger partial charge in [-0.05, 0) is 39.2 Å². The van der Waals surface area contributed by atoms with E-state index in [1.165, 1.54) is 6.42 Å². The first-order valence-electron chi connectivity index (χ1n) is 7.96. The van der Waals surface area contributed by atoms with Gasteiger partial charge in [-0.3, -0.25) is 9.59 Å². The summed E-state index contributed by atoms with van der Waals surface area (Å²) < 4.78 is 1.97. The van der Waals surface area contributed by atoms with E-state index in [1.807, 2.05) is 40.7 Å². The zero-order chi connectivity index (χ0) is 15.7. The lowest BCUT2D eigenvalue weighted by Crippen LogP contribution is -2.43. The molecule has 22 heavy (non-hydrogen) atoms. The molecule has 3 rings (SSSR count).